The summed E-state index contributed by atoms with van der Waals surface area (Å²) < 4.78 is 0. The molecule has 0 saturated heterocycles. The zero-order valence-electron chi connectivity index (χ0n) is 10.4. The van der Waals surface area contributed by atoms with E-state index < -0.39 is 0 Å². The highest BCUT2D eigenvalue weighted by atomic mass is 32.1. The van der Waals surface area contributed by atoms with Crippen molar-refractivity contribution in [2.45, 2.75) is 18.9 Å². The van der Waals surface area contributed by atoms with Crippen LogP contribution < -0.4 is 10.6 Å². The largest absolute Gasteiger partial charge is 0.385 e. The molecule has 0 fully saturated rings. The van der Waals surface area contributed by atoms with Crippen molar-refractivity contribution >= 4 is 17.0 Å². The lowest BCUT2D eigenvalue weighted by Gasteiger charge is -2.26. The average Bonchev–Trinajstić information content (AvgIpc) is 2.92. The number of anilines is 1. The van der Waals surface area contributed by atoms with Gasteiger partial charge in [0.1, 0.15) is 0 Å². The van der Waals surface area contributed by atoms with Crippen LogP contribution in [0, 0.1) is 0 Å². The van der Waals surface area contributed by atoms with Gasteiger partial charge in [0.05, 0.1) is 0 Å². The number of thiophene rings is 1. The second-order valence-electron chi connectivity index (χ2n) is 4.76. The number of para-hydroxylation sites is 1. The van der Waals surface area contributed by atoms with Gasteiger partial charge in [-0.15, -0.1) is 0 Å². The van der Waals surface area contributed by atoms with E-state index in [1.165, 1.54) is 23.2 Å². The molecule has 2 aromatic rings. The van der Waals surface area contributed by atoms with Crippen LogP contribution in [0.2, 0.25) is 0 Å². The van der Waals surface area contributed by atoms with Gasteiger partial charge in [-0.25, -0.2) is 0 Å². The van der Waals surface area contributed by atoms with E-state index in [1.54, 1.807) is 11.3 Å². The molecule has 94 valence electrons. The van der Waals surface area contributed by atoms with E-state index in [-0.39, 0.29) is 0 Å². The van der Waals surface area contributed by atoms with Crippen LogP contribution in [0.5, 0.6) is 0 Å². The van der Waals surface area contributed by atoms with Crippen molar-refractivity contribution in [3.63, 3.8) is 0 Å². The first-order valence-corrected chi connectivity index (χ1v) is 7.42. The lowest BCUT2D eigenvalue weighted by molar-refractivity contribution is 0.552. The second-order valence-corrected chi connectivity index (χ2v) is 5.54. The van der Waals surface area contributed by atoms with Gasteiger partial charge in [-0.3, -0.25) is 0 Å². The molecule has 2 nitrogen and oxygen atoms in total. The number of benzene rings is 1. The summed E-state index contributed by atoms with van der Waals surface area (Å²) in [6.07, 6.45) is 1.22. The van der Waals surface area contributed by atoms with Crippen LogP contribution in [0.3, 0.4) is 0 Å². The maximum atomic E-state index is 3.58. The highest BCUT2D eigenvalue weighted by molar-refractivity contribution is 7.07. The molecule has 0 amide bonds. The van der Waals surface area contributed by atoms with Gasteiger partial charge in [0.2, 0.25) is 0 Å². The Morgan fingerprint density at radius 1 is 1.28 bits per heavy atom. The molecule has 2 N–H and O–H groups in total. The molecule has 1 aromatic carbocycles. The molecule has 2 heterocycles. The maximum Gasteiger partial charge on any atom is 0.0376 e. The van der Waals surface area contributed by atoms with Gasteiger partial charge in [-0.1, -0.05) is 18.2 Å². The van der Waals surface area contributed by atoms with Crippen molar-refractivity contribution in [1.29, 1.82) is 0 Å². The van der Waals surface area contributed by atoms with Gasteiger partial charge in [0, 0.05) is 31.2 Å². The smallest absolute Gasteiger partial charge is 0.0376 e. The van der Waals surface area contributed by atoms with Crippen LogP contribution in [0.4, 0.5) is 5.69 Å². The molecule has 0 aliphatic carbocycles. The van der Waals surface area contributed by atoms with Crippen LogP contribution in [0.25, 0.3) is 0 Å². The van der Waals surface area contributed by atoms with Crippen LogP contribution >= 0.6 is 11.3 Å². The number of hydrogen-bond acceptors (Lipinski definition) is 3. The predicted octanol–water partition coefficient (Wildman–Crippen LogP) is 3.44. The maximum absolute atomic E-state index is 3.58. The van der Waals surface area contributed by atoms with Crippen molar-refractivity contribution in [3.8, 4) is 0 Å². The topological polar surface area (TPSA) is 24.1 Å². The summed E-state index contributed by atoms with van der Waals surface area (Å²) in [7, 11) is 0. The first-order chi connectivity index (χ1) is 8.93. The molecule has 0 saturated carbocycles. The number of rotatable bonds is 4. The molecule has 1 aromatic heterocycles. The molecule has 0 radical (unpaired) electrons. The number of fused-ring (bicyclic) bond motifs is 1. The van der Waals surface area contributed by atoms with Gasteiger partial charge < -0.3 is 10.6 Å². The average molecular weight is 258 g/mol. The van der Waals surface area contributed by atoms with Crippen LogP contribution in [-0.4, -0.2) is 13.1 Å². The lowest BCUT2D eigenvalue weighted by Crippen LogP contribution is -2.26. The molecular weight excluding hydrogens is 240 g/mol. The number of nitrogens with one attached hydrogen (secondary N) is 2. The van der Waals surface area contributed by atoms with Crippen molar-refractivity contribution in [3.05, 3.63) is 52.2 Å². The molecule has 1 aliphatic heterocycles. The summed E-state index contributed by atoms with van der Waals surface area (Å²) in [5.41, 5.74) is 4.16. The summed E-state index contributed by atoms with van der Waals surface area (Å²) in [6.45, 7) is 3.13. The Morgan fingerprint density at radius 3 is 3.11 bits per heavy atom. The minimum absolute atomic E-state index is 0.640. The van der Waals surface area contributed by atoms with Gasteiger partial charge in [0.15, 0.2) is 0 Å². The van der Waals surface area contributed by atoms with Crippen molar-refractivity contribution in [1.82, 2.24) is 5.32 Å². The minimum Gasteiger partial charge on any atom is -0.385 e. The Balaban J connectivity index is 1.60. The van der Waals surface area contributed by atoms with Crippen LogP contribution in [0.15, 0.2) is 41.1 Å². The third-order valence-electron chi connectivity index (χ3n) is 3.51. The zero-order chi connectivity index (χ0) is 12.2. The van der Waals surface area contributed by atoms with E-state index >= 15 is 0 Å². The molecule has 1 aliphatic rings. The Bertz CT molecular complexity index is 493. The van der Waals surface area contributed by atoms with E-state index in [1.807, 2.05) is 0 Å². The van der Waals surface area contributed by atoms with Gasteiger partial charge >= 0.3 is 0 Å². The Kier molecular flexibility index (Phi) is 3.62. The first-order valence-electron chi connectivity index (χ1n) is 6.48. The SMILES string of the molecule is c1ccc2c(c1)NCCC2CNCc1ccsc1. The van der Waals surface area contributed by atoms with Crippen molar-refractivity contribution < 1.29 is 0 Å². The van der Waals surface area contributed by atoms with E-state index in [9.17, 15) is 0 Å². The van der Waals surface area contributed by atoms with E-state index in [0.29, 0.717) is 5.92 Å². The van der Waals surface area contributed by atoms with Crippen LogP contribution in [-0.2, 0) is 6.54 Å². The third-order valence-corrected chi connectivity index (χ3v) is 4.24. The van der Waals surface area contributed by atoms with Crippen LogP contribution in [0.1, 0.15) is 23.5 Å². The fourth-order valence-corrected chi connectivity index (χ4v) is 3.22. The number of hydrogen-bond donors (Lipinski definition) is 2. The molecule has 3 heteroatoms. The molecule has 0 bridgehead atoms. The van der Waals surface area contributed by atoms with Gasteiger partial charge in [-0.05, 0) is 40.4 Å². The molecule has 3 rings (SSSR count). The van der Waals surface area contributed by atoms with Crippen molar-refractivity contribution in [2.75, 3.05) is 18.4 Å². The fraction of sp³-hybridized carbons (Fsp3) is 0.333. The molecule has 1 atom stereocenters. The molecule has 1 unspecified atom stereocenters. The second kappa shape index (κ2) is 5.55. The zero-order valence-corrected chi connectivity index (χ0v) is 11.2. The third kappa shape index (κ3) is 2.57. The van der Waals surface area contributed by atoms with Gasteiger partial charge in [-0.2, -0.15) is 11.3 Å². The highest BCUT2D eigenvalue weighted by Crippen LogP contribution is 2.30. The quantitative estimate of drug-likeness (QED) is 0.878. The molecular formula is C15H18N2S. The predicted molar refractivity (Wildman–Crippen MR) is 78.3 cm³/mol. The van der Waals surface area contributed by atoms with Gasteiger partial charge in [0.25, 0.3) is 0 Å². The minimum atomic E-state index is 0.640. The molecule has 18 heavy (non-hydrogen) atoms. The highest BCUT2D eigenvalue weighted by Gasteiger charge is 2.18. The monoisotopic (exact) mass is 258 g/mol. The van der Waals surface area contributed by atoms with E-state index in [4.69, 9.17) is 0 Å². The summed E-state index contributed by atoms with van der Waals surface area (Å²) >= 11 is 1.76. The Hall–Kier alpha value is -1.32. The van der Waals surface area contributed by atoms with E-state index in [0.717, 1.165) is 19.6 Å². The van der Waals surface area contributed by atoms with E-state index in [2.05, 4.69) is 51.7 Å². The summed E-state index contributed by atoms with van der Waals surface area (Å²) in [6, 6.07) is 10.9. The Labute approximate surface area is 112 Å². The summed E-state index contributed by atoms with van der Waals surface area (Å²) in [5, 5.41) is 11.4. The standard InChI is InChI=1S/C15H18N2S/c1-2-4-15-14(3-1)13(5-7-17-15)10-16-9-12-6-8-18-11-12/h1-4,6,8,11,13,16-17H,5,7,9-10H2. The summed E-state index contributed by atoms with van der Waals surface area (Å²) in [5.74, 6) is 0.640. The summed E-state index contributed by atoms with van der Waals surface area (Å²) in [4.78, 5) is 0. The lowest BCUT2D eigenvalue weighted by atomic mass is 9.91. The fourth-order valence-electron chi connectivity index (χ4n) is 2.55. The van der Waals surface area contributed by atoms with Crippen molar-refractivity contribution in [2.24, 2.45) is 0 Å². The molecule has 0 spiro atoms. The Morgan fingerprint density at radius 2 is 2.22 bits per heavy atom. The normalized spacial score (nSPS) is 18.1. The first kappa shape index (κ1) is 11.8.